The lowest BCUT2D eigenvalue weighted by atomic mass is 10.0. The number of urea groups is 1. The Balaban J connectivity index is 1.73. The van der Waals surface area contributed by atoms with Crippen LogP contribution in [0.4, 0.5) is 14.9 Å². The maximum Gasteiger partial charge on any atom is 0.322 e. The van der Waals surface area contributed by atoms with Crippen LogP contribution >= 0.6 is 11.3 Å². The number of anilines is 1. The molecular formula is C15H15FN2OS. The predicted molar refractivity (Wildman–Crippen MR) is 78.6 cm³/mol. The van der Waals surface area contributed by atoms with E-state index in [0.29, 0.717) is 12.2 Å². The number of halogens is 1. The topological polar surface area (TPSA) is 32.3 Å². The van der Waals surface area contributed by atoms with Crippen molar-refractivity contribution in [2.45, 2.75) is 19.4 Å². The maximum atomic E-state index is 12.8. The minimum Gasteiger partial charge on any atom is -0.317 e. The Morgan fingerprint density at radius 3 is 2.85 bits per heavy atom. The number of amides is 2. The summed E-state index contributed by atoms with van der Waals surface area (Å²) in [5, 5.41) is 4.89. The van der Waals surface area contributed by atoms with Gasteiger partial charge in [0.15, 0.2) is 0 Å². The second-order valence-corrected chi connectivity index (χ2v) is 5.86. The van der Waals surface area contributed by atoms with E-state index >= 15 is 0 Å². The maximum absolute atomic E-state index is 12.8. The molecule has 20 heavy (non-hydrogen) atoms. The fourth-order valence-corrected chi connectivity index (χ4v) is 3.48. The molecule has 0 spiro atoms. The lowest BCUT2D eigenvalue weighted by Gasteiger charge is -2.33. The Bertz CT molecular complexity index is 623. The number of thiophene rings is 1. The van der Waals surface area contributed by atoms with Crippen molar-refractivity contribution in [3.05, 3.63) is 52.0 Å². The normalized spacial score (nSPS) is 17.7. The van der Waals surface area contributed by atoms with Crippen molar-refractivity contribution in [2.24, 2.45) is 0 Å². The molecule has 0 aliphatic carbocycles. The first-order valence-electron chi connectivity index (χ1n) is 6.54. The standard InChI is InChI=1S/C15H15FN2OS/c1-10-13-7-9-20-14(13)6-8-18(10)15(19)17-12-4-2-11(16)3-5-12/h2-5,7,9-10H,6,8H2,1H3,(H,17,19)/t10-/m0/s1. The summed E-state index contributed by atoms with van der Waals surface area (Å²) in [6.07, 6.45) is 0.897. The predicted octanol–water partition coefficient (Wildman–Crippen LogP) is 4.04. The van der Waals surface area contributed by atoms with Gasteiger partial charge < -0.3 is 10.2 Å². The summed E-state index contributed by atoms with van der Waals surface area (Å²) in [6, 6.07) is 7.84. The van der Waals surface area contributed by atoms with Crippen LogP contribution in [-0.2, 0) is 6.42 Å². The van der Waals surface area contributed by atoms with Crippen LogP contribution < -0.4 is 5.32 Å². The Morgan fingerprint density at radius 1 is 1.35 bits per heavy atom. The first kappa shape index (κ1) is 13.1. The number of nitrogens with one attached hydrogen (secondary N) is 1. The second-order valence-electron chi connectivity index (χ2n) is 4.86. The molecule has 0 fully saturated rings. The van der Waals surface area contributed by atoms with Gasteiger partial charge >= 0.3 is 6.03 Å². The van der Waals surface area contributed by atoms with Gasteiger partial charge in [0, 0.05) is 17.1 Å². The molecule has 0 radical (unpaired) electrons. The molecule has 2 aromatic rings. The molecule has 1 aliphatic rings. The fourth-order valence-electron chi connectivity index (χ4n) is 2.52. The second kappa shape index (κ2) is 5.25. The van der Waals surface area contributed by atoms with Crippen LogP contribution in [0.1, 0.15) is 23.4 Å². The molecule has 0 saturated carbocycles. The number of rotatable bonds is 1. The smallest absolute Gasteiger partial charge is 0.317 e. The van der Waals surface area contributed by atoms with Gasteiger partial charge in [-0.15, -0.1) is 11.3 Å². The van der Waals surface area contributed by atoms with E-state index in [1.54, 1.807) is 23.5 Å². The Labute approximate surface area is 121 Å². The van der Waals surface area contributed by atoms with Gasteiger partial charge in [0.05, 0.1) is 6.04 Å². The summed E-state index contributed by atoms with van der Waals surface area (Å²) in [6.45, 7) is 2.75. The van der Waals surface area contributed by atoms with Gasteiger partial charge in [0.1, 0.15) is 5.82 Å². The highest BCUT2D eigenvalue weighted by Crippen LogP contribution is 2.33. The van der Waals surface area contributed by atoms with Crippen molar-refractivity contribution in [3.63, 3.8) is 0 Å². The number of nitrogens with zero attached hydrogens (tertiary/aromatic N) is 1. The first-order chi connectivity index (χ1) is 9.65. The van der Waals surface area contributed by atoms with Gasteiger partial charge in [-0.2, -0.15) is 0 Å². The molecule has 3 rings (SSSR count). The number of benzene rings is 1. The molecular weight excluding hydrogens is 275 g/mol. The van der Waals surface area contributed by atoms with E-state index in [9.17, 15) is 9.18 Å². The van der Waals surface area contributed by atoms with Gasteiger partial charge in [-0.25, -0.2) is 9.18 Å². The third-order valence-corrected chi connectivity index (χ3v) is 4.63. The summed E-state index contributed by atoms with van der Waals surface area (Å²) in [7, 11) is 0. The molecule has 5 heteroatoms. The Hall–Kier alpha value is -1.88. The van der Waals surface area contributed by atoms with Crippen LogP contribution in [0, 0.1) is 5.82 Å². The van der Waals surface area contributed by atoms with Crippen molar-refractivity contribution in [1.29, 1.82) is 0 Å². The molecule has 1 aromatic heterocycles. The summed E-state index contributed by atoms with van der Waals surface area (Å²) < 4.78 is 12.8. The third-order valence-electron chi connectivity index (χ3n) is 3.63. The number of fused-ring (bicyclic) bond motifs is 1. The van der Waals surface area contributed by atoms with Crippen LogP contribution in [0.5, 0.6) is 0 Å². The number of hydrogen-bond donors (Lipinski definition) is 1. The van der Waals surface area contributed by atoms with Gasteiger partial charge in [-0.3, -0.25) is 0 Å². The Kier molecular flexibility index (Phi) is 3.44. The van der Waals surface area contributed by atoms with Crippen molar-refractivity contribution < 1.29 is 9.18 Å². The largest absolute Gasteiger partial charge is 0.322 e. The number of hydrogen-bond acceptors (Lipinski definition) is 2. The van der Waals surface area contributed by atoms with Crippen LogP contribution in [0.15, 0.2) is 35.7 Å². The van der Waals surface area contributed by atoms with Crippen LogP contribution in [0.2, 0.25) is 0 Å². The zero-order chi connectivity index (χ0) is 14.1. The SMILES string of the molecule is C[C@H]1c2ccsc2CCN1C(=O)Nc1ccc(F)cc1. The fraction of sp³-hybridized carbons (Fsp3) is 0.267. The van der Waals surface area contributed by atoms with E-state index in [1.807, 2.05) is 11.8 Å². The molecule has 0 unspecified atom stereocenters. The highest BCUT2D eigenvalue weighted by molar-refractivity contribution is 7.10. The quantitative estimate of drug-likeness (QED) is 0.844. The summed E-state index contributed by atoms with van der Waals surface area (Å²) >= 11 is 1.75. The molecule has 2 heterocycles. The van der Waals surface area contributed by atoms with Crippen molar-refractivity contribution in [1.82, 2.24) is 4.90 Å². The molecule has 1 N–H and O–H groups in total. The van der Waals surface area contributed by atoms with Gasteiger partial charge in [0.2, 0.25) is 0 Å². The zero-order valence-electron chi connectivity index (χ0n) is 11.1. The first-order valence-corrected chi connectivity index (χ1v) is 7.42. The molecule has 3 nitrogen and oxygen atoms in total. The third kappa shape index (κ3) is 2.41. The van der Waals surface area contributed by atoms with Crippen molar-refractivity contribution in [2.75, 3.05) is 11.9 Å². The zero-order valence-corrected chi connectivity index (χ0v) is 11.9. The van der Waals surface area contributed by atoms with Crippen LogP contribution in [0.25, 0.3) is 0 Å². The molecule has 0 saturated heterocycles. The van der Waals surface area contributed by atoms with E-state index in [0.717, 1.165) is 6.42 Å². The van der Waals surface area contributed by atoms with E-state index in [2.05, 4.69) is 16.8 Å². The average molecular weight is 290 g/mol. The van der Waals surface area contributed by atoms with E-state index in [1.165, 1.54) is 22.6 Å². The van der Waals surface area contributed by atoms with Gasteiger partial charge in [-0.1, -0.05) is 0 Å². The van der Waals surface area contributed by atoms with Crippen LogP contribution in [0.3, 0.4) is 0 Å². The summed E-state index contributed by atoms with van der Waals surface area (Å²) in [5.74, 6) is -0.308. The lowest BCUT2D eigenvalue weighted by Crippen LogP contribution is -2.40. The van der Waals surface area contributed by atoms with Crippen molar-refractivity contribution in [3.8, 4) is 0 Å². The molecule has 2 amide bonds. The van der Waals surface area contributed by atoms with Gasteiger partial charge in [0.25, 0.3) is 0 Å². The number of carbonyl (C=O) groups excluding carboxylic acids is 1. The van der Waals surface area contributed by atoms with Crippen molar-refractivity contribution >= 4 is 23.1 Å². The van der Waals surface area contributed by atoms with E-state index in [-0.39, 0.29) is 17.9 Å². The highest BCUT2D eigenvalue weighted by atomic mass is 32.1. The number of carbonyl (C=O) groups is 1. The highest BCUT2D eigenvalue weighted by Gasteiger charge is 2.28. The molecule has 0 bridgehead atoms. The minimum atomic E-state index is -0.308. The molecule has 104 valence electrons. The molecule has 1 atom stereocenters. The minimum absolute atomic E-state index is 0.0745. The molecule has 1 aromatic carbocycles. The van der Waals surface area contributed by atoms with E-state index in [4.69, 9.17) is 0 Å². The monoisotopic (exact) mass is 290 g/mol. The average Bonchev–Trinajstić information content (AvgIpc) is 2.91. The van der Waals surface area contributed by atoms with E-state index < -0.39 is 0 Å². The van der Waals surface area contributed by atoms with Crippen LogP contribution in [-0.4, -0.2) is 17.5 Å². The Morgan fingerprint density at radius 2 is 2.10 bits per heavy atom. The lowest BCUT2D eigenvalue weighted by molar-refractivity contribution is 0.189. The summed E-state index contributed by atoms with van der Waals surface area (Å²) in [5.41, 5.74) is 1.84. The van der Waals surface area contributed by atoms with Gasteiger partial charge in [-0.05, 0) is 54.6 Å². The molecule has 1 aliphatic heterocycles. The summed E-state index contributed by atoms with van der Waals surface area (Å²) in [4.78, 5) is 15.5.